The molecule has 0 aliphatic carbocycles. The first-order valence-corrected chi connectivity index (χ1v) is 7.63. The molecule has 0 fully saturated rings. The van der Waals surface area contributed by atoms with E-state index in [0.717, 1.165) is 18.1 Å². The molecule has 112 valence electrons. The van der Waals surface area contributed by atoms with Gasteiger partial charge < -0.3 is 10.2 Å². The fourth-order valence-electron chi connectivity index (χ4n) is 2.36. The highest BCUT2D eigenvalue weighted by Gasteiger charge is 2.15. The lowest BCUT2D eigenvalue weighted by Gasteiger charge is -2.29. The van der Waals surface area contributed by atoms with Crippen molar-refractivity contribution in [3.8, 4) is 0 Å². The van der Waals surface area contributed by atoms with Gasteiger partial charge in [0.1, 0.15) is 0 Å². The second-order valence-corrected chi connectivity index (χ2v) is 5.56. The van der Waals surface area contributed by atoms with Gasteiger partial charge in [0.2, 0.25) is 0 Å². The topological polar surface area (TPSA) is 28.2 Å². The van der Waals surface area contributed by atoms with Crippen molar-refractivity contribution in [2.75, 3.05) is 18.5 Å². The monoisotopic (exact) mass is 303 g/mol. The maximum absolute atomic E-state index is 6.10. The van der Waals surface area contributed by atoms with Crippen LogP contribution in [0.5, 0.6) is 0 Å². The molecule has 0 spiro atoms. The highest BCUT2D eigenvalue weighted by molar-refractivity contribution is 6.30. The van der Waals surface area contributed by atoms with Crippen molar-refractivity contribution in [3.63, 3.8) is 0 Å². The van der Waals surface area contributed by atoms with E-state index in [1.807, 2.05) is 30.6 Å². The molecule has 0 aliphatic rings. The van der Waals surface area contributed by atoms with E-state index >= 15 is 0 Å². The van der Waals surface area contributed by atoms with E-state index in [1.54, 1.807) is 0 Å². The van der Waals surface area contributed by atoms with Gasteiger partial charge in [0.15, 0.2) is 0 Å². The molecule has 1 unspecified atom stereocenters. The number of rotatable bonds is 6. The highest BCUT2D eigenvalue weighted by atomic mass is 35.5. The SMILES string of the molecule is CCNCc1cnccc1N(C)C(C)c1cccc(Cl)c1. The molecule has 1 heterocycles. The Kier molecular flexibility index (Phi) is 5.59. The molecule has 2 aromatic rings. The average Bonchev–Trinajstić information content (AvgIpc) is 2.51. The van der Waals surface area contributed by atoms with Crippen LogP contribution in [0.1, 0.15) is 31.0 Å². The van der Waals surface area contributed by atoms with Crippen LogP contribution in [-0.2, 0) is 6.54 Å². The van der Waals surface area contributed by atoms with E-state index < -0.39 is 0 Å². The van der Waals surface area contributed by atoms with Gasteiger partial charge in [0.05, 0.1) is 6.04 Å². The lowest BCUT2D eigenvalue weighted by atomic mass is 10.1. The molecule has 1 aromatic heterocycles. The summed E-state index contributed by atoms with van der Waals surface area (Å²) in [5, 5.41) is 4.13. The summed E-state index contributed by atoms with van der Waals surface area (Å²) in [6, 6.07) is 10.3. The highest BCUT2D eigenvalue weighted by Crippen LogP contribution is 2.28. The minimum Gasteiger partial charge on any atom is -0.367 e. The fourth-order valence-corrected chi connectivity index (χ4v) is 2.56. The number of hydrogen-bond acceptors (Lipinski definition) is 3. The normalized spacial score (nSPS) is 12.2. The minimum absolute atomic E-state index is 0.242. The third-order valence-corrected chi connectivity index (χ3v) is 3.97. The van der Waals surface area contributed by atoms with E-state index in [9.17, 15) is 0 Å². The van der Waals surface area contributed by atoms with Gasteiger partial charge in [-0.25, -0.2) is 0 Å². The van der Waals surface area contributed by atoms with Crippen molar-refractivity contribution < 1.29 is 0 Å². The van der Waals surface area contributed by atoms with Crippen LogP contribution in [0, 0.1) is 0 Å². The van der Waals surface area contributed by atoms with Crippen molar-refractivity contribution in [1.29, 1.82) is 0 Å². The standard InChI is InChI=1S/C17H22ClN3/c1-4-19-11-15-12-20-9-8-17(15)21(3)13(2)14-6-5-7-16(18)10-14/h5-10,12-13,19H,4,11H2,1-3H3. The van der Waals surface area contributed by atoms with E-state index in [1.165, 1.54) is 16.8 Å². The maximum Gasteiger partial charge on any atom is 0.0511 e. The lowest BCUT2D eigenvalue weighted by molar-refractivity contribution is 0.701. The first-order valence-electron chi connectivity index (χ1n) is 7.25. The van der Waals surface area contributed by atoms with Gasteiger partial charge >= 0.3 is 0 Å². The zero-order chi connectivity index (χ0) is 15.2. The van der Waals surface area contributed by atoms with Gasteiger partial charge in [-0.2, -0.15) is 0 Å². The fraction of sp³-hybridized carbons (Fsp3) is 0.353. The zero-order valence-electron chi connectivity index (χ0n) is 12.8. The predicted octanol–water partition coefficient (Wildman–Crippen LogP) is 4.04. The molecule has 0 saturated heterocycles. The lowest BCUT2D eigenvalue weighted by Crippen LogP contribution is -2.24. The van der Waals surface area contributed by atoms with Crippen LogP contribution in [0.2, 0.25) is 5.02 Å². The first kappa shape index (κ1) is 15.8. The van der Waals surface area contributed by atoms with Crippen LogP contribution in [0.25, 0.3) is 0 Å². The molecule has 1 N–H and O–H groups in total. The van der Waals surface area contributed by atoms with Crippen LogP contribution in [-0.4, -0.2) is 18.6 Å². The number of pyridine rings is 1. The Labute approximate surface area is 132 Å². The second-order valence-electron chi connectivity index (χ2n) is 5.13. The van der Waals surface area contributed by atoms with Crippen LogP contribution >= 0.6 is 11.6 Å². The first-order chi connectivity index (χ1) is 10.1. The summed E-state index contributed by atoms with van der Waals surface area (Å²) >= 11 is 6.10. The van der Waals surface area contributed by atoms with Crippen molar-refractivity contribution in [1.82, 2.24) is 10.3 Å². The van der Waals surface area contributed by atoms with E-state index in [2.05, 4.69) is 48.2 Å². The van der Waals surface area contributed by atoms with Crippen LogP contribution < -0.4 is 10.2 Å². The summed E-state index contributed by atoms with van der Waals surface area (Å²) in [6.07, 6.45) is 3.77. The molecular weight excluding hydrogens is 282 g/mol. The number of halogens is 1. The van der Waals surface area contributed by atoms with Crippen LogP contribution in [0.15, 0.2) is 42.7 Å². The Morgan fingerprint density at radius 3 is 2.86 bits per heavy atom. The molecule has 0 radical (unpaired) electrons. The summed E-state index contributed by atoms with van der Waals surface area (Å²) in [5.74, 6) is 0. The van der Waals surface area contributed by atoms with E-state index in [4.69, 9.17) is 11.6 Å². The summed E-state index contributed by atoms with van der Waals surface area (Å²) in [4.78, 5) is 6.50. The van der Waals surface area contributed by atoms with Gasteiger partial charge in [-0.1, -0.05) is 30.7 Å². The Balaban J connectivity index is 2.24. The molecule has 0 aliphatic heterocycles. The summed E-state index contributed by atoms with van der Waals surface area (Å²) in [7, 11) is 2.11. The summed E-state index contributed by atoms with van der Waals surface area (Å²) in [6.45, 7) is 6.06. The average molecular weight is 304 g/mol. The van der Waals surface area contributed by atoms with Crippen molar-refractivity contribution >= 4 is 17.3 Å². The maximum atomic E-state index is 6.10. The zero-order valence-corrected chi connectivity index (χ0v) is 13.6. The number of anilines is 1. The summed E-state index contributed by atoms with van der Waals surface area (Å²) in [5.41, 5.74) is 3.60. The van der Waals surface area contributed by atoms with Crippen LogP contribution in [0.3, 0.4) is 0 Å². The van der Waals surface area contributed by atoms with Gasteiger partial charge in [-0.3, -0.25) is 4.98 Å². The Morgan fingerprint density at radius 1 is 1.33 bits per heavy atom. The van der Waals surface area contributed by atoms with Gasteiger partial charge in [-0.15, -0.1) is 0 Å². The van der Waals surface area contributed by atoms with Gasteiger partial charge in [0.25, 0.3) is 0 Å². The summed E-state index contributed by atoms with van der Waals surface area (Å²) < 4.78 is 0. The van der Waals surface area contributed by atoms with E-state index in [-0.39, 0.29) is 6.04 Å². The molecule has 4 heteroatoms. The van der Waals surface area contributed by atoms with Gasteiger partial charge in [-0.05, 0) is 37.2 Å². The predicted molar refractivity (Wildman–Crippen MR) is 89.9 cm³/mol. The molecule has 1 atom stereocenters. The minimum atomic E-state index is 0.242. The van der Waals surface area contributed by atoms with Gasteiger partial charge in [0, 0.05) is 42.3 Å². The number of benzene rings is 1. The van der Waals surface area contributed by atoms with E-state index in [0.29, 0.717) is 0 Å². The van der Waals surface area contributed by atoms with Crippen molar-refractivity contribution in [3.05, 3.63) is 58.9 Å². The Morgan fingerprint density at radius 2 is 2.14 bits per heavy atom. The molecular formula is C17H22ClN3. The molecule has 1 aromatic carbocycles. The molecule has 21 heavy (non-hydrogen) atoms. The third kappa shape index (κ3) is 3.96. The second kappa shape index (κ2) is 7.43. The van der Waals surface area contributed by atoms with Crippen LogP contribution in [0.4, 0.5) is 5.69 Å². The Hall–Kier alpha value is -1.58. The quantitative estimate of drug-likeness (QED) is 0.873. The molecule has 0 saturated carbocycles. The van der Waals surface area contributed by atoms with Crippen molar-refractivity contribution in [2.24, 2.45) is 0 Å². The number of nitrogens with one attached hydrogen (secondary N) is 1. The number of nitrogens with zero attached hydrogens (tertiary/aromatic N) is 2. The number of hydrogen-bond donors (Lipinski definition) is 1. The van der Waals surface area contributed by atoms with Crippen molar-refractivity contribution in [2.45, 2.75) is 26.4 Å². The largest absolute Gasteiger partial charge is 0.367 e. The smallest absolute Gasteiger partial charge is 0.0511 e. The molecule has 0 bridgehead atoms. The Bertz CT molecular complexity index is 586. The molecule has 3 nitrogen and oxygen atoms in total. The third-order valence-electron chi connectivity index (χ3n) is 3.74. The molecule has 2 rings (SSSR count). The molecule has 0 amide bonds. The number of aromatic nitrogens is 1.